The number of carboxylic acid groups (broad SMARTS) is 2. The number of halogens is 4. The number of carbonyl (C=O) groups excluding carboxylic acids is 2. The fourth-order valence-electron chi connectivity index (χ4n) is 1.31. The molecular formula is C14H6F4O4Rh. The van der Waals surface area contributed by atoms with Gasteiger partial charge in [0.2, 0.25) is 0 Å². The van der Waals surface area contributed by atoms with Crippen molar-refractivity contribution < 1.29 is 56.8 Å². The summed E-state index contributed by atoms with van der Waals surface area (Å²) in [5.74, 6) is -7.17. The van der Waals surface area contributed by atoms with Crippen LogP contribution in [0.2, 0.25) is 0 Å². The van der Waals surface area contributed by atoms with Gasteiger partial charge in [-0.25, -0.2) is 17.6 Å². The van der Waals surface area contributed by atoms with Crippen molar-refractivity contribution in [3.8, 4) is 0 Å². The first-order valence-corrected chi connectivity index (χ1v) is 5.55. The van der Waals surface area contributed by atoms with Crippen molar-refractivity contribution in [2.24, 2.45) is 0 Å². The molecule has 123 valence electrons. The van der Waals surface area contributed by atoms with E-state index < -0.39 is 46.3 Å². The maximum Gasteiger partial charge on any atom is 2.00 e. The van der Waals surface area contributed by atoms with Crippen molar-refractivity contribution >= 4 is 11.9 Å². The van der Waals surface area contributed by atoms with E-state index in [0.717, 1.165) is 24.3 Å². The van der Waals surface area contributed by atoms with E-state index in [1.54, 1.807) is 0 Å². The molecule has 2 aromatic carbocycles. The number of hydrogen-bond acceptors (Lipinski definition) is 4. The van der Waals surface area contributed by atoms with Crippen LogP contribution in [0.3, 0.4) is 0 Å². The van der Waals surface area contributed by atoms with Crippen LogP contribution in [0, 0.1) is 23.3 Å². The van der Waals surface area contributed by atoms with Gasteiger partial charge >= 0.3 is 19.5 Å². The molecule has 0 unspecified atom stereocenters. The number of aromatic carboxylic acids is 2. The second-order valence-corrected chi connectivity index (χ2v) is 3.82. The molecule has 0 aliphatic carbocycles. The summed E-state index contributed by atoms with van der Waals surface area (Å²) in [6, 6.07) is 4.33. The summed E-state index contributed by atoms with van der Waals surface area (Å²) in [5, 5.41) is 20.1. The molecule has 2 aromatic rings. The first-order valence-electron chi connectivity index (χ1n) is 5.55. The van der Waals surface area contributed by atoms with Gasteiger partial charge in [-0.1, -0.05) is 0 Å². The maximum atomic E-state index is 12.4. The number of hydrogen-bond donors (Lipinski definition) is 0. The summed E-state index contributed by atoms with van der Waals surface area (Å²) in [6.45, 7) is 0. The summed E-state index contributed by atoms with van der Waals surface area (Å²) < 4.78 is 49.2. The molecule has 0 atom stereocenters. The van der Waals surface area contributed by atoms with Gasteiger partial charge in [-0.3, -0.25) is 0 Å². The molecule has 2 rings (SSSR count). The summed E-state index contributed by atoms with van der Waals surface area (Å²) in [6.07, 6.45) is 0. The van der Waals surface area contributed by atoms with Crippen LogP contribution in [0.15, 0.2) is 36.4 Å². The van der Waals surface area contributed by atoms with Crippen molar-refractivity contribution in [2.75, 3.05) is 0 Å². The Morgan fingerprint density at radius 2 is 1.00 bits per heavy atom. The van der Waals surface area contributed by atoms with E-state index in [4.69, 9.17) is 0 Å². The second kappa shape index (κ2) is 9.00. The molecule has 23 heavy (non-hydrogen) atoms. The number of benzene rings is 2. The van der Waals surface area contributed by atoms with E-state index in [0.29, 0.717) is 12.1 Å². The van der Waals surface area contributed by atoms with Gasteiger partial charge in [0.15, 0.2) is 0 Å². The van der Waals surface area contributed by atoms with Gasteiger partial charge in [-0.05, 0) is 24.3 Å². The predicted molar refractivity (Wildman–Crippen MR) is 61.4 cm³/mol. The van der Waals surface area contributed by atoms with Gasteiger partial charge in [-0.2, -0.15) is 0 Å². The Hall–Kier alpha value is -2.28. The van der Waals surface area contributed by atoms with Crippen LogP contribution >= 0.6 is 0 Å². The normalized spacial score (nSPS) is 9.22. The van der Waals surface area contributed by atoms with E-state index in [9.17, 15) is 37.4 Å². The van der Waals surface area contributed by atoms with Crippen molar-refractivity contribution in [3.05, 3.63) is 70.8 Å². The van der Waals surface area contributed by atoms with Gasteiger partial charge in [0.25, 0.3) is 0 Å². The van der Waals surface area contributed by atoms with Gasteiger partial charge in [0.1, 0.15) is 23.3 Å². The Kier molecular flexibility index (Phi) is 8.11. The molecule has 0 saturated carbocycles. The van der Waals surface area contributed by atoms with E-state index in [1.807, 2.05) is 0 Å². The number of rotatable bonds is 2. The van der Waals surface area contributed by atoms with Gasteiger partial charge in [-0.15, -0.1) is 0 Å². The summed E-state index contributed by atoms with van der Waals surface area (Å²) in [5.41, 5.74) is -1.27. The average Bonchev–Trinajstić information content (AvgIpc) is 2.38. The third-order valence-corrected chi connectivity index (χ3v) is 2.30. The Morgan fingerprint density at radius 3 is 1.22 bits per heavy atom. The topological polar surface area (TPSA) is 80.3 Å². The predicted octanol–water partition coefficient (Wildman–Crippen LogP) is 0.654. The molecule has 0 bridgehead atoms. The smallest absolute Gasteiger partial charge is 0.545 e. The van der Waals surface area contributed by atoms with Gasteiger partial charge in [0.05, 0.1) is 11.9 Å². The third kappa shape index (κ3) is 6.16. The molecule has 9 heteroatoms. The maximum absolute atomic E-state index is 12.4. The summed E-state index contributed by atoms with van der Waals surface area (Å²) in [7, 11) is 0. The zero-order valence-corrected chi connectivity index (χ0v) is 12.6. The quantitative estimate of drug-likeness (QED) is 0.531. The largest absolute Gasteiger partial charge is 2.00 e. The average molecular weight is 417 g/mol. The van der Waals surface area contributed by atoms with Crippen LogP contribution in [0.4, 0.5) is 17.6 Å². The standard InChI is InChI=1S/2C7H4F2O2.Rh/c2*8-4-1-2-5(7(10)11)6(9)3-4;/h2*1-3H,(H,10,11);/q;;+2/p-2. The van der Waals surface area contributed by atoms with Gasteiger partial charge in [0, 0.05) is 23.3 Å². The molecule has 0 saturated heterocycles. The molecule has 0 amide bonds. The molecule has 0 aromatic heterocycles. The second-order valence-electron chi connectivity index (χ2n) is 3.82. The Bertz CT molecular complexity index is 660. The molecule has 1 radical (unpaired) electrons. The summed E-state index contributed by atoms with van der Waals surface area (Å²) >= 11 is 0. The minimum absolute atomic E-state index is 0. The fraction of sp³-hybridized carbons (Fsp3) is 0. The SMILES string of the molecule is O=C([O-])c1ccc(F)cc1F.O=C([O-])c1ccc(F)cc1F.[Rh+2]. The molecule has 0 aliphatic rings. The molecule has 0 N–H and O–H groups in total. The zero-order valence-electron chi connectivity index (χ0n) is 10.9. The number of carbonyl (C=O) groups is 2. The first-order chi connectivity index (χ1) is 10.2. The summed E-state index contributed by atoms with van der Waals surface area (Å²) in [4.78, 5) is 20.1. The van der Waals surface area contributed by atoms with E-state index in [1.165, 1.54) is 0 Å². The third-order valence-electron chi connectivity index (χ3n) is 2.30. The minimum atomic E-state index is -1.65. The Labute approximate surface area is 140 Å². The molecule has 0 heterocycles. The van der Waals surface area contributed by atoms with Crippen molar-refractivity contribution in [1.82, 2.24) is 0 Å². The van der Waals surface area contributed by atoms with E-state index in [-0.39, 0.29) is 19.5 Å². The molecular weight excluding hydrogens is 411 g/mol. The van der Waals surface area contributed by atoms with E-state index >= 15 is 0 Å². The van der Waals surface area contributed by atoms with Crippen molar-refractivity contribution in [2.45, 2.75) is 0 Å². The molecule has 4 nitrogen and oxygen atoms in total. The first kappa shape index (κ1) is 20.7. The van der Waals surface area contributed by atoms with Crippen LogP contribution < -0.4 is 10.2 Å². The van der Waals surface area contributed by atoms with Crippen molar-refractivity contribution in [1.29, 1.82) is 0 Å². The van der Waals surface area contributed by atoms with Crippen molar-refractivity contribution in [3.63, 3.8) is 0 Å². The molecule has 0 fully saturated rings. The number of carboxylic acids is 2. The van der Waals surface area contributed by atoms with E-state index in [2.05, 4.69) is 0 Å². The van der Waals surface area contributed by atoms with Gasteiger partial charge < -0.3 is 19.8 Å². The molecule has 0 spiro atoms. The van der Waals surface area contributed by atoms with Crippen LogP contribution in [0.25, 0.3) is 0 Å². The Morgan fingerprint density at radius 1 is 0.696 bits per heavy atom. The van der Waals surface area contributed by atoms with Crippen LogP contribution in [-0.4, -0.2) is 11.9 Å². The van der Waals surface area contributed by atoms with Crippen LogP contribution in [-0.2, 0) is 19.5 Å². The van der Waals surface area contributed by atoms with Crippen LogP contribution in [0.1, 0.15) is 20.7 Å². The zero-order chi connectivity index (χ0) is 16.9. The monoisotopic (exact) mass is 417 g/mol. The minimum Gasteiger partial charge on any atom is -0.545 e. The molecule has 0 aliphatic heterocycles. The Balaban J connectivity index is 0.000000403. The van der Waals surface area contributed by atoms with Crippen LogP contribution in [0.5, 0.6) is 0 Å². The fourth-order valence-corrected chi connectivity index (χ4v) is 1.31.